The van der Waals surface area contributed by atoms with Crippen molar-refractivity contribution in [3.05, 3.63) is 82.7 Å². The summed E-state index contributed by atoms with van der Waals surface area (Å²) in [5.41, 5.74) is 3.18. The number of hydrogen-bond acceptors (Lipinski definition) is 6. The molecule has 1 heterocycles. The molecule has 0 aliphatic rings. The number of aromatic nitrogens is 1. The van der Waals surface area contributed by atoms with E-state index in [1.54, 1.807) is 37.4 Å². The van der Waals surface area contributed by atoms with E-state index in [0.29, 0.717) is 28.2 Å². The maximum Gasteiger partial charge on any atom is 0.339 e. The fourth-order valence-corrected chi connectivity index (χ4v) is 4.85. The molecule has 3 aromatic rings. The smallest absolute Gasteiger partial charge is 0.339 e. The lowest BCUT2D eigenvalue weighted by Gasteiger charge is -2.17. The van der Waals surface area contributed by atoms with Crippen molar-refractivity contribution in [1.29, 1.82) is 5.26 Å². The molecule has 1 atom stereocenters. The molecule has 3 rings (SSSR count). The second-order valence-corrected chi connectivity index (χ2v) is 8.75. The van der Waals surface area contributed by atoms with Crippen LogP contribution >= 0.6 is 11.8 Å². The molecule has 0 aliphatic carbocycles. The average Bonchev–Trinajstić information content (AvgIpc) is 3.12. The Kier molecular flexibility index (Phi) is 8.10. The number of methoxy groups -OCH3 is 1. The van der Waals surface area contributed by atoms with Crippen LogP contribution in [0.25, 0.3) is 0 Å². The van der Waals surface area contributed by atoms with Crippen LogP contribution in [0.1, 0.15) is 50.6 Å². The number of ether oxygens (including phenoxy) is 2. The van der Waals surface area contributed by atoms with E-state index in [1.807, 2.05) is 45.0 Å². The Balaban J connectivity index is 1.74. The van der Waals surface area contributed by atoms with Gasteiger partial charge in [-0.05, 0) is 51.1 Å². The van der Waals surface area contributed by atoms with Gasteiger partial charge in [-0.2, -0.15) is 5.26 Å². The number of ketones is 1. The van der Waals surface area contributed by atoms with Crippen LogP contribution in [0, 0.1) is 25.2 Å². The Labute approximate surface area is 198 Å². The van der Waals surface area contributed by atoms with Crippen LogP contribution in [-0.2, 0) is 9.47 Å². The third kappa shape index (κ3) is 5.54. The van der Waals surface area contributed by atoms with Crippen molar-refractivity contribution < 1.29 is 19.1 Å². The SMILES string of the molecule is COC[C@@H](C)n1c(C)cc(C(=O)COC(=O)c2ccccc2Sc2ccccc2C#N)c1C. The molecule has 6 nitrogen and oxygen atoms in total. The van der Waals surface area contributed by atoms with Crippen LogP contribution in [0.15, 0.2) is 64.4 Å². The van der Waals surface area contributed by atoms with Gasteiger partial charge in [0.05, 0.1) is 23.8 Å². The standard InChI is InChI=1S/C26H26N2O4S/c1-17-13-22(19(3)28(17)18(2)15-31-4)23(29)16-32-26(30)21-10-6-8-12-25(21)33-24-11-7-5-9-20(24)14-27/h5-13,18H,15-16H2,1-4H3/t18-/m1/s1. The molecule has 0 spiro atoms. The van der Waals surface area contributed by atoms with Gasteiger partial charge in [0.25, 0.3) is 0 Å². The minimum atomic E-state index is -0.581. The molecule has 0 saturated carbocycles. The number of rotatable bonds is 9. The number of nitriles is 1. The van der Waals surface area contributed by atoms with Crippen LogP contribution in [0.2, 0.25) is 0 Å². The molecule has 0 N–H and O–H groups in total. The van der Waals surface area contributed by atoms with Gasteiger partial charge in [-0.25, -0.2) is 4.79 Å². The molecule has 7 heteroatoms. The lowest BCUT2D eigenvalue weighted by molar-refractivity contribution is 0.0471. The minimum absolute atomic E-state index is 0.0827. The van der Waals surface area contributed by atoms with E-state index in [4.69, 9.17) is 9.47 Å². The third-order valence-electron chi connectivity index (χ3n) is 5.30. The highest BCUT2D eigenvalue weighted by atomic mass is 32.2. The predicted octanol–water partition coefficient (Wildman–Crippen LogP) is 5.37. The topological polar surface area (TPSA) is 81.3 Å². The molecule has 33 heavy (non-hydrogen) atoms. The number of esters is 1. The van der Waals surface area contributed by atoms with Crippen LogP contribution in [0.3, 0.4) is 0 Å². The Hall–Kier alpha value is -3.34. The number of carbonyl (C=O) groups excluding carboxylic acids is 2. The predicted molar refractivity (Wildman–Crippen MR) is 127 cm³/mol. The average molecular weight is 463 g/mol. The number of nitrogens with zero attached hydrogens (tertiary/aromatic N) is 2. The molecule has 170 valence electrons. The number of aryl methyl sites for hydroxylation is 1. The highest BCUT2D eigenvalue weighted by molar-refractivity contribution is 7.99. The zero-order valence-corrected chi connectivity index (χ0v) is 19.9. The molecule has 0 radical (unpaired) electrons. The Morgan fingerprint density at radius 2 is 1.73 bits per heavy atom. The molecule has 0 aliphatic heterocycles. The zero-order valence-electron chi connectivity index (χ0n) is 19.1. The maximum absolute atomic E-state index is 12.8. The van der Waals surface area contributed by atoms with Gasteiger partial charge in [0.2, 0.25) is 5.78 Å². The largest absolute Gasteiger partial charge is 0.454 e. The molecule has 0 bridgehead atoms. The summed E-state index contributed by atoms with van der Waals surface area (Å²) in [6.45, 7) is 6.02. The molecule has 1 aromatic heterocycles. The second kappa shape index (κ2) is 11.0. The first-order valence-corrected chi connectivity index (χ1v) is 11.3. The van der Waals surface area contributed by atoms with Crippen LogP contribution < -0.4 is 0 Å². The van der Waals surface area contributed by atoms with E-state index in [2.05, 4.69) is 10.6 Å². The summed E-state index contributed by atoms with van der Waals surface area (Å²) in [4.78, 5) is 27.1. The zero-order chi connectivity index (χ0) is 24.0. The summed E-state index contributed by atoms with van der Waals surface area (Å²) in [5.74, 6) is -0.838. The molecule has 2 aromatic carbocycles. The number of benzene rings is 2. The van der Waals surface area contributed by atoms with E-state index in [9.17, 15) is 14.9 Å². The highest BCUT2D eigenvalue weighted by Crippen LogP contribution is 2.33. The van der Waals surface area contributed by atoms with Crippen molar-refractivity contribution in [2.75, 3.05) is 20.3 Å². The van der Waals surface area contributed by atoms with Crippen molar-refractivity contribution in [3.63, 3.8) is 0 Å². The highest BCUT2D eigenvalue weighted by Gasteiger charge is 2.21. The van der Waals surface area contributed by atoms with E-state index < -0.39 is 5.97 Å². The molecule has 0 saturated heterocycles. The second-order valence-electron chi connectivity index (χ2n) is 7.66. The summed E-state index contributed by atoms with van der Waals surface area (Å²) >= 11 is 1.32. The summed E-state index contributed by atoms with van der Waals surface area (Å²) in [6.07, 6.45) is 0. The third-order valence-corrected chi connectivity index (χ3v) is 6.45. The molecule has 0 fully saturated rings. The van der Waals surface area contributed by atoms with Crippen LogP contribution in [0.5, 0.6) is 0 Å². The number of Topliss-reactive ketones (excluding diaryl/α,β-unsaturated/α-hetero) is 1. The quantitative estimate of drug-likeness (QED) is 0.314. The lowest BCUT2D eigenvalue weighted by Crippen LogP contribution is -2.17. The van der Waals surface area contributed by atoms with E-state index in [0.717, 1.165) is 16.3 Å². The molecular formula is C26H26N2O4S. The van der Waals surface area contributed by atoms with Gasteiger partial charge in [0.1, 0.15) is 6.07 Å². The Morgan fingerprint density at radius 1 is 1.06 bits per heavy atom. The number of hydrogen-bond donors (Lipinski definition) is 0. The summed E-state index contributed by atoms with van der Waals surface area (Å²) < 4.78 is 12.7. The van der Waals surface area contributed by atoms with Crippen molar-refractivity contribution >= 4 is 23.5 Å². The fourth-order valence-electron chi connectivity index (χ4n) is 3.83. The summed E-state index contributed by atoms with van der Waals surface area (Å²) in [7, 11) is 1.64. The normalized spacial score (nSPS) is 11.6. The van der Waals surface area contributed by atoms with Gasteiger partial charge in [-0.15, -0.1) is 0 Å². The summed E-state index contributed by atoms with van der Waals surface area (Å²) in [5, 5.41) is 9.34. The van der Waals surface area contributed by atoms with Gasteiger partial charge in [-0.3, -0.25) is 4.79 Å². The van der Waals surface area contributed by atoms with Gasteiger partial charge in [-0.1, -0.05) is 36.0 Å². The monoisotopic (exact) mass is 462 g/mol. The van der Waals surface area contributed by atoms with Gasteiger partial charge < -0.3 is 14.0 Å². The Morgan fingerprint density at radius 3 is 2.42 bits per heavy atom. The first kappa shape index (κ1) is 24.3. The van der Waals surface area contributed by atoms with E-state index in [-0.39, 0.29) is 18.4 Å². The fraction of sp³-hybridized carbons (Fsp3) is 0.269. The van der Waals surface area contributed by atoms with Gasteiger partial charge in [0.15, 0.2) is 6.61 Å². The van der Waals surface area contributed by atoms with Crippen LogP contribution in [0.4, 0.5) is 0 Å². The summed E-state index contributed by atoms with van der Waals surface area (Å²) in [6, 6.07) is 18.3. The first-order chi connectivity index (χ1) is 15.9. The van der Waals surface area contributed by atoms with E-state index in [1.165, 1.54) is 11.8 Å². The minimum Gasteiger partial charge on any atom is -0.454 e. The van der Waals surface area contributed by atoms with Gasteiger partial charge in [0, 0.05) is 33.9 Å². The van der Waals surface area contributed by atoms with Crippen molar-refractivity contribution in [1.82, 2.24) is 4.57 Å². The number of carbonyl (C=O) groups is 2. The first-order valence-electron chi connectivity index (χ1n) is 10.5. The van der Waals surface area contributed by atoms with Crippen molar-refractivity contribution in [2.24, 2.45) is 0 Å². The molecule has 0 amide bonds. The molecular weight excluding hydrogens is 436 g/mol. The maximum atomic E-state index is 12.8. The van der Waals surface area contributed by atoms with Crippen molar-refractivity contribution in [3.8, 4) is 6.07 Å². The van der Waals surface area contributed by atoms with Gasteiger partial charge >= 0.3 is 5.97 Å². The van der Waals surface area contributed by atoms with E-state index >= 15 is 0 Å². The Bertz CT molecular complexity index is 1210. The van der Waals surface area contributed by atoms with Crippen LogP contribution in [-0.4, -0.2) is 36.6 Å². The molecule has 0 unspecified atom stereocenters. The van der Waals surface area contributed by atoms with Crippen molar-refractivity contribution in [2.45, 2.75) is 36.6 Å². The lowest BCUT2D eigenvalue weighted by atomic mass is 10.1.